The monoisotopic (exact) mass is 296 g/mol. The molecule has 1 saturated heterocycles. The Kier molecular flexibility index (Phi) is 5.84. The Bertz CT molecular complexity index is 267. The molecule has 0 aromatic heterocycles. The Morgan fingerprint density at radius 1 is 1.11 bits per heavy atom. The van der Waals surface area contributed by atoms with Crippen molar-refractivity contribution < 1.29 is 13.2 Å². The lowest BCUT2D eigenvalue weighted by atomic mass is 9.88. The van der Waals surface area contributed by atoms with Crippen molar-refractivity contribution in [2.75, 3.05) is 18.8 Å². The van der Waals surface area contributed by atoms with E-state index in [1.807, 2.05) is 0 Å². The summed E-state index contributed by atoms with van der Waals surface area (Å²) in [5.41, 5.74) is -4.10. The van der Waals surface area contributed by atoms with Crippen LogP contribution in [0.3, 0.4) is 0 Å². The Hall–Kier alpha value is 0.0600. The molecule has 1 aliphatic carbocycles. The summed E-state index contributed by atoms with van der Waals surface area (Å²) < 4.78 is 36.1. The molecule has 112 valence electrons. The molecule has 0 amide bonds. The number of hydrogen-bond acceptors (Lipinski definition) is 3. The second-order valence-electron chi connectivity index (χ2n) is 5.51. The van der Waals surface area contributed by atoms with Gasteiger partial charge in [0.25, 0.3) is 0 Å². The molecule has 1 saturated carbocycles. The predicted molar refractivity (Wildman–Crippen MR) is 73.3 cm³/mol. The highest BCUT2D eigenvalue weighted by Crippen LogP contribution is 2.32. The van der Waals surface area contributed by atoms with Crippen LogP contribution in [0.25, 0.3) is 0 Å². The van der Waals surface area contributed by atoms with E-state index in [4.69, 9.17) is 0 Å². The van der Waals surface area contributed by atoms with Crippen LogP contribution in [-0.4, -0.2) is 36.4 Å². The van der Waals surface area contributed by atoms with Crippen LogP contribution in [0.15, 0.2) is 0 Å². The van der Waals surface area contributed by atoms with Crippen molar-refractivity contribution in [1.29, 1.82) is 0 Å². The van der Waals surface area contributed by atoms with E-state index in [0.29, 0.717) is 24.5 Å². The van der Waals surface area contributed by atoms with Gasteiger partial charge < -0.3 is 10.6 Å². The molecule has 0 aromatic carbocycles. The minimum atomic E-state index is -4.10. The van der Waals surface area contributed by atoms with Gasteiger partial charge in [-0.15, -0.1) is 0 Å². The maximum Gasteiger partial charge on any atom is 0.441 e. The molecule has 2 N–H and O–H groups in total. The lowest BCUT2D eigenvalue weighted by Crippen LogP contribution is -2.47. The average molecular weight is 296 g/mol. The zero-order chi connectivity index (χ0) is 13.7. The van der Waals surface area contributed by atoms with Crippen LogP contribution in [0.2, 0.25) is 0 Å². The number of thioether (sulfide) groups is 1. The van der Waals surface area contributed by atoms with Gasteiger partial charge in [0, 0.05) is 24.4 Å². The van der Waals surface area contributed by atoms with Crippen LogP contribution in [0.1, 0.15) is 38.5 Å². The molecular formula is C13H23F3N2S. The van der Waals surface area contributed by atoms with Crippen molar-refractivity contribution in [3.63, 3.8) is 0 Å². The fourth-order valence-corrected chi connectivity index (χ4v) is 3.83. The molecule has 19 heavy (non-hydrogen) atoms. The number of nitrogens with one attached hydrogen (secondary N) is 2. The number of hydrogen-bond donors (Lipinski definition) is 2. The van der Waals surface area contributed by atoms with Gasteiger partial charge in [-0.25, -0.2) is 0 Å². The highest BCUT2D eigenvalue weighted by atomic mass is 32.2. The van der Waals surface area contributed by atoms with Crippen molar-refractivity contribution in [1.82, 2.24) is 10.6 Å². The number of piperidine rings is 1. The number of alkyl halides is 3. The topological polar surface area (TPSA) is 24.1 Å². The maximum atomic E-state index is 12.0. The van der Waals surface area contributed by atoms with Crippen LogP contribution in [0, 0.1) is 5.92 Å². The second-order valence-corrected chi connectivity index (χ2v) is 6.67. The molecule has 6 heteroatoms. The van der Waals surface area contributed by atoms with Crippen LogP contribution >= 0.6 is 11.8 Å². The van der Waals surface area contributed by atoms with Gasteiger partial charge in [0.05, 0.1) is 0 Å². The summed E-state index contributed by atoms with van der Waals surface area (Å²) in [7, 11) is 0. The lowest BCUT2D eigenvalue weighted by molar-refractivity contribution is -0.0327. The van der Waals surface area contributed by atoms with Gasteiger partial charge in [-0.3, -0.25) is 0 Å². The molecule has 1 aliphatic heterocycles. The summed E-state index contributed by atoms with van der Waals surface area (Å²) in [5.74, 6) is 0.723. The summed E-state index contributed by atoms with van der Waals surface area (Å²) in [5, 5.41) is 6.92. The van der Waals surface area contributed by atoms with E-state index in [0.717, 1.165) is 13.0 Å². The number of rotatable bonds is 5. The van der Waals surface area contributed by atoms with Gasteiger partial charge in [-0.1, -0.05) is 12.8 Å². The molecule has 3 atom stereocenters. The van der Waals surface area contributed by atoms with Gasteiger partial charge in [0.15, 0.2) is 0 Å². The molecule has 2 nitrogen and oxygen atoms in total. The molecule has 0 radical (unpaired) electrons. The minimum absolute atomic E-state index is 0.0756. The maximum absolute atomic E-state index is 12.0. The van der Waals surface area contributed by atoms with E-state index >= 15 is 0 Å². The Balaban J connectivity index is 1.69. The van der Waals surface area contributed by atoms with Gasteiger partial charge in [0.2, 0.25) is 0 Å². The zero-order valence-electron chi connectivity index (χ0n) is 11.1. The smallest absolute Gasteiger partial charge is 0.314 e. The summed E-state index contributed by atoms with van der Waals surface area (Å²) in [6.45, 7) is 1.55. The summed E-state index contributed by atoms with van der Waals surface area (Å²) in [6.07, 6.45) is 7.28. The molecular weight excluding hydrogens is 273 g/mol. The van der Waals surface area contributed by atoms with E-state index < -0.39 is 5.51 Å². The highest BCUT2D eigenvalue weighted by molar-refractivity contribution is 8.00. The van der Waals surface area contributed by atoms with E-state index in [1.165, 1.54) is 32.1 Å². The van der Waals surface area contributed by atoms with Gasteiger partial charge in [-0.2, -0.15) is 13.2 Å². The molecule has 2 aliphatic rings. The highest BCUT2D eigenvalue weighted by Gasteiger charge is 2.34. The zero-order valence-corrected chi connectivity index (χ0v) is 12.0. The van der Waals surface area contributed by atoms with E-state index in [-0.39, 0.29) is 17.5 Å². The largest absolute Gasteiger partial charge is 0.441 e. The Morgan fingerprint density at radius 2 is 1.95 bits per heavy atom. The third-order valence-electron chi connectivity index (χ3n) is 4.21. The first-order valence-corrected chi connectivity index (χ1v) is 8.22. The molecule has 0 aromatic rings. The summed E-state index contributed by atoms with van der Waals surface area (Å²) >= 11 is 0.0756. The molecule has 0 spiro atoms. The predicted octanol–water partition coefficient (Wildman–Crippen LogP) is 3.14. The molecule has 2 rings (SSSR count). The van der Waals surface area contributed by atoms with Gasteiger partial charge in [0.1, 0.15) is 0 Å². The molecule has 0 bridgehead atoms. The minimum Gasteiger partial charge on any atom is -0.314 e. The molecule has 3 unspecified atom stereocenters. The first-order chi connectivity index (χ1) is 9.06. The van der Waals surface area contributed by atoms with Crippen LogP contribution < -0.4 is 10.6 Å². The molecule has 2 fully saturated rings. The van der Waals surface area contributed by atoms with Crippen LogP contribution in [-0.2, 0) is 0 Å². The normalized spacial score (nSPS) is 32.7. The molecule has 1 heterocycles. The fraction of sp³-hybridized carbons (Fsp3) is 1.00. The average Bonchev–Trinajstić information content (AvgIpc) is 2.83. The Labute approximate surface area is 117 Å². The van der Waals surface area contributed by atoms with E-state index in [2.05, 4.69) is 10.6 Å². The van der Waals surface area contributed by atoms with E-state index in [9.17, 15) is 13.2 Å². The first-order valence-electron chi connectivity index (χ1n) is 7.24. The van der Waals surface area contributed by atoms with Gasteiger partial charge >= 0.3 is 5.51 Å². The van der Waals surface area contributed by atoms with E-state index in [1.54, 1.807) is 0 Å². The van der Waals surface area contributed by atoms with Crippen molar-refractivity contribution in [3.8, 4) is 0 Å². The third kappa shape index (κ3) is 5.16. The number of halogens is 3. The summed E-state index contributed by atoms with van der Waals surface area (Å²) in [4.78, 5) is 0. The summed E-state index contributed by atoms with van der Waals surface area (Å²) in [6, 6.07) is 0.980. The standard InChI is InChI=1S/C13H23F3N2S/c14-13(15,16)19-9-8-18-12-6-3-4-10(12)11-5-1-2-7-17-11/h10-12,17-18H,1-9H2. The van der Waals surface area contributed by atoms with Crippen molar-refractivity contribution in [2.24, 2.45) is 5.92 Å². The van der Waals surface area contributed by atoms with Crippen molar-refractivity contribution >= 4 is 11.8 Å². The van der Waals surface area contributed by atoms with Gasteiger partial charge in [-0.05, 0) is 49.9 Å². The first kappa shape index (κ1) is 15.4. The lowest BCUT2D eigenvalue weighted by Gasteiger charge is -2.33. The quantitative estimate of drug-likeness (QED) is 0.762. The second kappa shape index (κ2) is 7.18. The Morgan fingerprint density at radius 3 is 2.63 bits per heavy atom. The third-order valence-corrected chi connectivity index (χ3v) is 4.94. The van der Waals surface area contributed by atoms with Crippen molar-refractivity contribution in [2.45, 2.75) is 56.1 Å². The SMILES string of the molecule is FC(F)(F)SCCNC1CCCC1C1CCCCN1. The fourth-order valence-electron chi connectivity index (χ4n) is 3.38. The van der Waals surface area contributed by atoms with Crippen molar-refractivity contribution in [3.05, 3.63) is 0 Å². The van der Waals surface area contributed by atoms with Crippen LogP contribution in [0.4, 0.5) is 13.2 Å². The van der Waals surface area contributed by atoms with Crippen LogP contribution in [0.5, 0.6) is 0 Å².